The monoisotopic (exact) mass is 627 g/mol. The summed E-state index contributed by atoms with van der Waals surface area (Å²) in [6, 6.07) is 29.0. The summed E-state index contributed by atoms with van der Waals surface area (Å²) in [5, 5.41) is 2.88. The molecule has 4 aromatic carbocycles. The third-order valence-electron chi connectivity index (χ3n) is 7.48. The molecular weight excluding hydrogens is 590 g/mol. The average Bonchev–Trinajstić information content (AvgIpc) is 3.06. The van der Waals surface area contributed by atoms with Crippen LogP contribution in [0.1, 0.15) is 23.6 Å². The molecule has 0 aliphatic carbocycles. The van der Waals surface area contributed by atoms with E-state index in [0.29, 0.717) is 31.3 Å². The second kappa shape index (κ2) is 14.3. The normalized spacial score (nSPS) is 13.0. The van der Waals surface area contributed by atoms with Gasteiger partial charge < -0.3 is 19.7 Å². The van der Waals surface area contributed by atoms with Crippen LogP contribution in [0.5, 0.6) is 11.5 Å². The van der Waals surface area contributed by atoms with E-state index >= 15 is 0 Å². The number of fused-ring (bicyclic) bond motifs is 1. The Kier molecular flexibility index (Phi) is 10.0. The van der Waals surface area contributed by atoms with Gasteiger partial charge in [0.25, 0.3) is 10.0 Å². The first-order chi connectivity index (χ1) is 21.8. The van der Waals surface area contributed by atoms with Crippen molar-refractivity contribution in [1.82, 2.24) is 10.2 Å². The van der Waals surface area contributed by atoms with Crippen molar-refractivity contribution in [3.8, 4) is 11.5 Å². The van der Waals surface area contributed by atoms with Gasteiger partial charge in [-0.05, 0) is 49.2 Å². The lowest BCUT2D eigenvalue weighted by Gasteiger charge is -2.34. The predicted molar refractivity (Wildman–Crippen MR) is 173 cm³/mol. The highest BCUT2D eigenvalue weighted by molar-refractivity contribution is 7.92. The van der Waals surface area contributed by atoms with Gasteiger partial charge >= 0.3 is 0 Å². The molecule has 10 heteroatoms. The van der Waals surface area contributed by atoms with Gasteiger partial charge in [0.2, 0.25) is 11.8 Å². The first kappa shape index (κ1) is 31.6. The van der Waals surface area contributed by atoms with Gasteiger partial charge in [0.05, 0.1) is 10.6 Å². The summed E-state index contributed by atoms with van der Waals surface area (Å²) in [4.78, 5) is 29.6. The van der Waals surface area contributed by atoms with Crippen LogP contribution in [0.4, 0.5) is 5.69 Å². The van der Waals surface area contributed by atoms with Gasteiger partial charge in [-0.15, -0.1) is 0 Å². The number of carbonyl (C=O) groups excluding carboxylic acids is 2. The van der Waals surface area contributed by atoms with E-state index in [0.717, 1.165) is 21.0 Å². The lowest BCUT2D eigenvalue weighted by Crippen LogP contribution is -2.53. The van der Waals surface area contributed by atoms with Crippen LogP contribution in [0, 0.1) is 6.92 Å². The number of ether oxygens (including phenoxy) is 2. The number of nitrogens with one attached hydrogen (secondary N) is 1. The van der Waals surface area contributed by atoms with Crippen molar-refractivity contribution in [2.24, 2.45) is 0 Å². The molecule has 4 aromatic rings. The molecule has 234 valence electrons. The fourth-order valence-electron chi connectivity index (χ4n) is 5.29. The molecule has 5 rings (SSSR count). The lowest BCUT2D eigenvalue weighted by atomic mass is 10.0. The van der Waals surface area contributed by atoms with E-state index in [1.165, 1.54) is 17.0 Å². The Morgan fingerprint density at radius 2 is 1.49 bits per heavy atom. The molecule has 1 heterocycles. The Labute approximate surface area is 264 Å². The van der Waals surface area contributed by atoms with Gasteiger partial charge in [0.1, 0.15) is 25.8 Å². The van der Waals surface area contributed by atoms with E-state index in [4.69, 9.17) is 9.47 Å². The summed E-state index contributed by atoms with van der Waals surface area (Å²) in [6.07, 6.45) is 0.250. The first-order valence-electron chi connectivity index (χ1n) is 14.9. The Morgan fingerprint density at radius 1 is 0.822 bits per heavy atom. The number of rotatable bonds is 12. The number of nitrogens with zero attached hydrogens (tertiary/aromatic N) is 2. The number of anilines is 1. The topological polar surface area (TPSA) is 105 Å². The van der Waals surface area contributed by atoms with Gasteiger partial charge in [0, 0.05) is 25.6 Å². The molecule has 0 bridgehead atoms. The molecule has 2 amide bonds. The van der Waals surface area contributed by atoms with Crippen molar-refractivity contribution in [1.29, 1.82) is 0 Å². The maximum atomic E-state index is 14.5. The zero-order valence-electron chi connectivity index (χ0n) is 25.4. The standard InChI is InChI=1S/C35H37N3O6S/c1-3-36-35(40)31(22-27-12-6-4-7-13-27)37(24-28-14-10-11-26(2)21-28)34(39)25-38(45(41,42)30-15-8-5-9-16-30)29-17-18-32-33(23-29)44-20-19-43-32/h4-18,21,23,31H,3,19-20,22,24-25H2,1-2H3,(H,36,40)/t31-/m0/s1. The summed E-state index contributed by atoms with van der Waals surface area (Å²) in [7, 11) is -4.21. The molecule has 9 nitrogen and oxygen atoms in total. The molecule has 0 fully saturated rings. The number of carbonyl (C=O) groups is 2. The van der Waals surface area contributed by atoms with E-state index in [-0.39, 0.29) is 29.5 Å². The van der Waals surface area contributed by atoms with Gasteiger partial charge in [-0.2, -0.15) is 0 Å². The number of amides is 2. The number of likely N-dealkylation sites (N-methyl/N-ethyl adjacent to an activating group) is 1. The molecule has 0 unspecified atom stereocenters. The SMILES string of the molecule is CCNC(=O)[C@H](Cc1ccccc1)N(Cc1cccc(C)c1)C(=O)CN(c1ccc2c(c1)OCCO2)S(=O)(=O)c1ccccc1. The Bertz CT molecular complexity index is 1730. The smallest absolute Gasteiger partial charge is 0.264 e. The highest BCUT2D eigenvalue weighted by Crippen LogP contribution is 2.36. The Hall–Kier alpha value is -4.83. The number of aryl methyl sites for hydroxylation is 1. The van der Waals surface area contributed by atoms with Crippen LogP contribution in [0.3, 0.4) is 0 Å². The van der Waals surface area contributed by atoms with Gasteiger partial charge in [0.15, 0.2) is 11.5 Å². The number of sulfonamides is 1. The minimum absolute atomic E-state index is 0.0301. The van der Waals surface area contributed by atoms with Crippen molar-refractivity contribution < 1.29 is 27.5 Å². The Morgan fingerprint density at radius 3 is 2.18 bits per heavy atom. The van der Waals surface area contributed by atoms with Crippen molar-refractivity contribution in [3.63, 3.8) is 0 Å². The van der Waals surface area contributed by atoms with Crippen LogP contribution < -0.4 is 19.1 Å². The molecule has 1 N–H and O–H groups in total. The summed E-state index contributed by atoms with van der Waals surface area (Å²) in [6.45, 7) is 4.41. The molecule has 0 saturated carbocycles. The van der Waals surface area contributed by atoms with Crippen LogP contribution in [-0.4, -0.2) is 57.5 Å². The van der Waals surface area contributed by atoms with Crippen molar-refractivity contribution >= 4 is 27.5 Å². The van der Waals surface area contributed by atoms with E-state index in [1.807, 2.05) is 68.4 Å². The number of hydrogen-bond acceptors (Lipinski definition) is 6. The van der Waals surface area contributed by atoms with Crippen LogP contribution in [0.2, 0.25) is 0 Å². The summed E-state index contributed by atoms with van der Waals surface area (Å²) < 4.78 is 40.8. The van der Waals surface area contributed by atoms with Crippen LogP contribution in [0.25, 0.3) is 0 Å². The Balaban J connectivity index is 1.58. The summed E-state index contributed by atoms with van der Waals surface area (Å²) in [5.74, 6) is 0.0335. The van der Waals surface area contributed by atoms with Crippen molar-refractivity contribution in [2.75, 3.05) is 30.6 Å². The van der Waals surface area contributed by atoms with Gasteiger partial charge in [-0.25, -0.2) is 8.42 Å². The fraction of sp³-hybridized carbons (Fsp3) is 0.257. The molecule has 1 aliphatic rings. The minimum Gasteiger partial charge on any atom is -0.486 e. The molecule has 0 radical (unpaired) electrons. The van der Waals surface area contributed by atoms with Crippen molar-refractivity contribution in [3.05, 3.63) is 120 Å². The molecule has 0 saturated heterocycles. The lowest BCUT2D eigenvalue weighted by molar-refractivity contribution is -0.140. The van der Waals surface area contributed by atoms with Crippen LogP contribution >= 0.6 is 0 Å². The molecule has 0 spiro atoms. The predicted octanol–water partition coefficient (Wildman–Crippen LogP) is 4.74. The maximum absolute atomic E-state index is 14.5. The molecule has 0 aromatic heterocycles. The third-order valence-corrected chi connectivity index (χ3v) is 9.27. The quantitative estimate of drug-likeness (QED) is 0.243. The first-order valence-corrected chi connectivity index (χ1v) is 16.3. The number of benzene rings is 4. The molecule has 1 atom stereocenters. The zero-order chi connectivity index (χ0) is 31.8. The van der Waals surface area contributed by atoms with E-state index in [1.54, 1.807) is 36.4 Å². The van der Waals surface area contributed by atoms with Gasteiger partial charge in [-0.3, -0.25) is 13.9 Å². The fourth-order valence-corrected chi connectivity index (χ4v) is 6.72. The summed E-state index contributed by atoms with van der Waals surface area (Å²) >= 11 is 0. The molecule has 1 aliphatic heterocycles. The molecular formula is C35H37N3O6S. The highest BCUT2D eigenvalue weighted by atomic mass is 32.2. The maximum Gasteiger partial charge on any atom is 0.264 e. The second-order valence-corrected chi connectivity index (χ2v) is 12.6. The largest absolute Gasteiger partial charge is 0.486 e. The second-order valence-electron chi connectivity index (χ2n) is 10.8. The number of hydrogen-bond donors (Lipinski definition) is 1. The molecule has 45 heavy (non-hydrogen) atoms. The van der Waals surface area contributed by atoms with Crippen LogP contribution in [0.15, 0.2) is 108 Å². The van der Waals surface area contributed by atoms with E-state index in [2.05, 4.69) is 5.32 Å². The van der Waals surface area contributed by atoms with Crippen LogP contribution in [-0.2, 0) is 32.6 Å². The summed E-state index contributed by atoms with van der Waals surface area (Å²) in [5.41, 5.74) is 2.94. The van der Waals surface area contributed by atoms with E-state index < -0.39 is 28.5 Å². The highest BCUT2D eigenvalue weighted by Gasteiger charge is 2.35. The van der Waals surface area contributed by atoms with E-state index in [9.17, 15) is 18.0 Å². The minimum atomic E-state index is -4.21. The van der Waals surface area contributed by atoms with Crippen molar-refractivity contribution in [2.45, 2.75) is 37.8 Å². The average molecular weight is 628 g/mol. The zero-order valence-corrected chi connectivity index (χ0v) is 26.2. The van der Waals surface area contributed by atoms with Gasteiger partial charge in [-0.1, -0.05) is 78.4 Å². The third kappa shape index (κ3) is 7.64.